The van der Waals surface area contributed by atoms with Gasteiger partial charge in [-0.25, -0.2) is 9.59 Å². The van der Waals surface area contributed by atoms with E-state index in [-0.39, 0.29) is 12.1 Å². The van der Waals surface area contributed by atoms with Crippen molar-refractivity contribution in [1.82, 2.24) is 10.6 Å². The number of hydrogen-bond acceptors (Lipinski definition) is 6. The molecule has 2 aliphatic carbocycles. The first-order valence-electron chi connectivity index (χ1n) is 12.0. The summed E-state index contributed by atoms with van der Waals surface area (Å²) in [6.07, 6.45) is 5.30. The highest BCUT2D eigenvalue weighted by atomic mass is 16.6. The number of carbonyl (C=O) groups excluding carboxylic acids is 2. The Morgan fingerprint density at radius 2 is 0.912 bits per heavy atom. The average Bonchev–Trinajstić information content (AvgIpc) is 2.66. The van der Waals surface area contributed by atoms with Gasteiger partial charge in [-0.3, -0.25) is 9.59 Å². The van der Waals surface area contributed by atoms with Gasteiger partial charge in [0.05, 0.1) is 11.8 Å². The van der Waals surface area contributed by atoms with Crippen LogP contribution in [0.2, 0.25) is 0 Å². The van der Waals surface area contributed by atoms with Crippen molar-refractivity contribution >= 4 is 24.1 Å². The summed E-state index contributed by atoms with van der Waals surface area (Å²) in [6, 6.07) is -0.618. The lowest BCUT2D eigenvalue weighted by atomic mass is 9.84. The van der Waals surface area contributed by atoms with Gasteiger partial charge in [0.25, 0.3) is 0 Å². The van der Waals surface area contributed by atoms with Crippen LogP contribution >= 0.6 is 0 Å². The first-order valence-corrected chi connectivity index (χ1v) is 12.0. The van der Waals surface area contributed by atoms with Crippen LogP contribution in [0, 0.1) is 11.8 Å². The minimum Gasteiger partial charge on any atom is -0.481 e. The Bertz CT molecular complexity index is 651. The van der Waals surface area contributed by atoms with E-state index in [2.05, 4.69) is 10.6 Å². The molecule has 4 N–H and O–H groups in total. The van der Waals surface area contributed by atoms with E-state index in [0.29, 0.717) is 25.7 Å². The molecule has 0 aromatic carbocycles. The van der Waals surface area contributed by atoms with E-state index in [9.17, 15) is 19.2 Å². The lowest BCUT2D eigenvalue weighted by Crippen LogP contribution is -2.46. The molecule has 0 saturated heterocycles. The summed E-state index contributed by atoms with van der Waals surface area (Å²) >= 11 is 0. The van der Waals surface area contributed by atoms with Gasteiger partial charge in [0, 0.05) is 12.1 Å². The fourth-order valence-corrected chi connectivity index (χ4v) is 4.12. The summed E-state index contributed by atoms with van der Waals surface area (Å²) < 4.78 is 10.3. The molecular formula is C24H42N2O8. The zero-order chi connectivity index (χ0) is 26.1. The van der Waals surface area contributed by atoms with Gasteiger partial charge in [0.15, 0.2) is 0 Å². The van der Waals surface area contributed by atoms with Crippen LogP contribution in [-0.2, 0) is 19.1 Å². The molecule has 0 aliphatic heterocycles. The highest BCUT2D eigenvalue weighted by Gasteiger charge is 2.34. The Morgan fingerprint density at radius 3 is 1.18 bits per heavy atom. The minimum atomic E-state index is -0.842. The van der Waals surface area contributed by atoms with Crippen LogP contribution in [0.1, 0.15) is 92.9 Å². The molecule has 34 heavy (non-hydrogen) atoms. The number of hydrogen-bond donors (Lipinski definition) is 4. The fourth-order valence-electron chi connectivity index (χ4n) is 4.12. The number of ether oxygens (including phenoxy) is 2. The van der Waals surface area contributed by atoms with Crippen LogP contribution in [-0.4, -0.2) is 57.6 Å². The van der Waals surface area contributed by atoms with Crippen molar-refractivity contribution in [3.05, 3.63) is 0 Å². The number of rotatable bonds is 4. The quantitative estimate of drug-likeness (QED) is 0.459. The maximum absolute atomic E-state index is 11.6. The Kier molecular flexibility index (Phi) is 11.1. The fraction of sp³-hybridized carbons (Fsp3) is 0.833. The lowest BCUT2D eigenvalue weighted by Gasteiger charge is -2.30. The zero-order valence-electron chi connectivity index (χ0n) is 21.3. The summed E-state index contributed by atoms with van der Waals surface area (Å²) in [4.78, 5) is 45.2. The number of carboxylic acid groups (broad SMARTS) is 2. The van der Waals surface area contributed by atoms with Gasteiger partial charge < -0.3 is 30.3 Å². The third-order valence-electron chi connectivity index (χ3n) is 5.57. The van der Waals surface area contributed by atoms with Crippen molar-refractivity contribution in [2.45, 2.75) is 116 Å². The van der Waals surface area contributed by atoms with Crippen LogP contribution in [0.5, 0.6) is 0 Å². The summed E-state index contributed by atoms with van der Waals surface area (Å²) in [6.45, 7) is 10.7. The molecular weight excluding hydrogens is 444 g/mol. The maximum atomic E-state index is 11.6. The molecule has 2 aliphatic rings. The van der Waals surface area contributed by atoms with Gasteiger partial charge in [0.1, 0.15) is 11.2 Å². The molecule has 2 saturated carbocycles. The molecule has 0 unspecified atom stereocenters. The Balaban J connectivity index is 0.000000340. The standard InChI is InChI=1S/2C12H21NO4/c2*1-12(2,3)17-11(16)13-9-7-5-4-6-8(9)10(14)15/h2*8-9H,4-7H2,1-3H3,(H,13,16)(H,14,15)/t2*8-,9+/m10/s1. The van der Waals surface area contributed by atoms with Crippen molar-refractivity contribution in [1.29, 1.82) is 0 Å². The molecule has 10 nitrogen and oxygen atoms in total. The van der Waals surface area contributed by atoms with Crippen LogP contribution in [0.4, 0.5) is 9.59 Å². The predicted molar refractivity (Wildman–Crippen MR) is 126 cm³/mol. The van der Waals surface area contributed by atoms with E-state index >= 15 is 0 Å². The highest BCUT2D eigenvalue weighted by molar-refractivity contribution is 5.74. The number of carboxylic acids is 2. The summed E-state index contributed by atoms with van der Waals surface area (Å²) in [7, 11) is 0. The molecule has 0 bridgehead atoms. The van der Waals surface area contributed by atoms with E-state index in [4.69, 9.17) is 19.7 Å². The monoisotopic (exact) mass is 486 g/mol. The van der Waals surface area contributed by atoms with E-state index < -0.39 is 47.2 Å². The minimum absolute atomic E-state index is 0.309. The Hall–Kier alpha value is -2.52. The Morgan fingerprint density at radius 1 is 0.618 bits per heavy atom. The number of carbonyl (C=O) groups is 4. The third-order valence-corrected chi connectivity index (χ3v) is 5.57. The third kappa shape index (κ3) is 11.6. The normalized spacial score (nSPS) is 25.1. The van der Waals surface area contributed by atoms with Gasteiger partial charge in [0.2, 0.25) is 0 Å². The van der Waals surface area contributed by atoms with Gasteiger partial charge in [-0.15, -0.1) is 0 Å². The van der Waals surface area contributed by atoms with E-state index in [0.717, 1.165) is 25.7 Å². The number of aliphatic carboxylic acids is 2. The van der Waals surface area contributed by atoms with Crippen LogP contribution < -0.4 is 10.6 Å². The topological polar surface area (TPSA) is 151 Å². The molecule has 4 atom stereocenters. The number of nitrogens with one attached hydrogen (secondary N) is 2. The molecule has 0 radical (unpaired) electrons. The maximum Gasteiger partial charge on any atom is 0.407 e. The summed E-state index contributed by atoms with van der Waals surface area (Å²) in [5, 5.41) is 23.5. The molecule has 2 fully saturated rings. The Labute approximate surface area is 202 Å². The molecule has 2 rings (SSSR count). The van der Waals surface area contributed by atoms with Crippen LogP contribution in [0.25, 0.3) is 0 Å². The van der Waals surface area contributed by atoms with Gasteiger partial charge in [-0.05, 0) is 67.2 Å². The summed E-state index contributed by atoms with van der Waals surface area (Å²) in [5.74, 6) is -2.66. The second kappa shape index (κ2) is 12.8. The second-order valence-corrected chi connectivity index (χ2v) is 11.0. The van der Waals surface area contributed by atoms with Crippen molar-refractivity contribution in [2.75, 3.05) is 0 Å². The van der Waals surface area contributed by atoms with Gasteiger partial charge >= 0.3 is 24.1 Å². The largest absolute Gasteiger partial charge is 0.481 e. The zero-order valence-corrected chi connectivity index (χ0v) is 21.3. The molecule has 2 amide bonds. The summed E-state index contributed by atoms with van der Waals surface area (Å²) in [5.41, 5.74) is -1.12. The molecule has 0 aromatic heterocycles. The van der Waals surface area contributed by atoms with Gasteiger partial charge in [-0.1, -0.05) is 25.7 Å². The molecule has 196 valence electrons. The van der Waals surface area contributed by atoms with Crippen molar-refractivity contribution < 1.29 is 38.9 Å². The van der Waals surface area contributed by atoms with Crippen molar-refractivity contribution in [3.8, 4) is 0 Å². The lowest BCUT2D eigenvalue weighted by molar-refractivity contribution is -0.144. The number of amides is 2. The van der Waals surface area contributed by atoms with Crippen LogP contribution in [0.3, 0.4) is 0 Å². The molecule has 10 heteroatoms. The van der Waals surface area contributed by atoms with E-state index in [1.807, 2.05) is 0 Å². The molecule has 0 heterocycles. The van der Waals surface area contributed by atoms with Crippen LogP contribution in [0.15, 0.2) is 0 Å². The SMILES string of the molecule is CC(C)(C)OC(=O)N[C@@H]1CCCC[C@@H]1C(=O)O.CC(C)(C)OC(=O)N[C@H]1CCCC[C@H]1C(=O)O. The van der Waals surface area contributed by atoms with E-state index in [1.54, 1.807) is 41.5 Å². The highest BCUT2D eigenvalue weighted by Crippen LogP contribution is 2.26. The van der Waals surface area contributed by atoms with Gasteiger partial charge in [-0.2, -0.15) is 0 Å². The first kappa shape index (κ1) is 29.5. The predicted octanol–water partition coefficient (Wildman–Crippen LogP) is 4.31. The molecule has 0 spiro atoms. The average molecular weight is 487 g/mol. The smallest absolute Gasteiger partial charge is 0.407 e. The number of alkyl carbamates (subject to hydrolysis) is 2. The van der Waals surface area contributed by atoms with Crippen molar-refractivity contribution in [3.63, 3.8) is 0 Å². The van der Waals surface area contributed by atoms with Crippen molar-refractivity contribution in [2.24, 2.45) is 11.8 Å². The van der Waals surface area contributed by atoms with E-state index in [1.165, 1.54) is 0 Å². The second-order valence-electron chi connectivity index (χ2n) is 11.0. The molecule has 0 aromatic rings. The first-order chi connectivity index (χ1) is 15.6.